The minimum Gasteiger partial charge on any atom is -0.480 e. The van der Waals surface area contributed by atoms with Gasteiger partial charge in [0.1, 0.15) is 11.9 Å². The lowest BCUT2D eigenvalue weighted by molar-refractivity contribution is -0.138. The second-order valence-electron chi connectivity index (χ2n) is 6.59. The lowest BCUT2D eigenvalue weighted by Gasteiger charge is -2.21. The Morgan fingerprint density at radius 2 is 2.04 bits per heavy atom. The van der Waals surface area contributed by atoms with Crippen molar-refractivity contribution in [3.8, 4) is 11.3 Å². The number of aliphatic carboxylic acids is 1. The zero-order valence-electron chi connectivity index (χ0n) is 14.2. The summed E-state index contributed by atoms with van der Waals surface area (Å²) < 4.78 is 15.6. The molecular weight excluding hydrogens is 329 g/mol. The SMILES string of the molecule is CC(C)(C)n1nncc1-c1cc(F)cc(C(=O)NC[C@@H](N)C(=O)O)c1. The zero-order valence-corrected chi connectivity index (χ0v) is 14.2. The molecule has 2 rings (SSSR count). The largest absolute Gasteiger partial charge is 0.480 e. The van der Waals surface area contributed by atoms with Crippen LogP contribution in [-0.2, 0) is 10.3 Å². The van der Waals surface area contributed by atoms with Crippen LogP contribution >= 0.6 is 0 Å². The molecule has 4 N–H and O–H groups in total. The Labute approximate surface area is 143 Å². The third kappa shape index (κ3) is 4.38. The van der Waals surface area contributed by atoms with Gasteiger partial charge in [-0.1, -0.05) is 5.21 Å². The minimum absolute atomic E-state index is 0.0502. The Morgan fingerprint density at radius 1 is 1.36 bits per heavy atom. The molecule has 1 amide bonds. The first-order valence-electron chi connectivity index (χ1n) is 7.58. The number of rotatable bonds is 5. The van der Waals surface area contributed by atoms with Crippen LogP contribution in [0.25, 0.3) is 11.3 Å². The summed E-state index contributed by atoms with van der Waals surface area (Å²) in [6, 6.07) is 2.60. The molecule has 0 radical (unpaired) electrons. The molecule has 25 heavy (non-hydrogen) atoms. The molecule has 0 saturated heterocycles. The monoisotopic (exact) mass is 349 g/mol. The molecule has 0 aliphatic carbocycles. The number of nitrogens with two attached hydrogens (primary N) is 1. The predicted octanol–water partition coefficient (Wildman–Crippen LogP) is 0.981. The second kappa shape index (κ2) is 6.98. The van der Waals surface area contributed by atoms with Crippen molar-refractivity contribution in [2.75, 3.05) is 6.54 Å². The lowest BCUT2D eigenvalue weighted by Crippen LogP contribution is -2.42. The van der Waals surface area contributed by atoms with Crippen LogP contribution < -0.4 is 11.1 Å². The molecule has 0 bridgehead atoms. The Bertz CT molecular complexity index is 797. The van der Waals surface area contributed by atoms with Gasteiger partial charge in [0.05, 0.1) is 17.4 Å². The lowest BCUT2D eigenvalue weighted by atomic mass is 10.0. The average molecular weight is 349 g/mol. The number of nitrogens with zero attached hydrogens (tertiary/aromatic N) is 3. The Hall–Kier alpha value is -2.81. The number of aromatic nitrogens is 3. The van der Waals surface area contributed by atoms with E-state index >= 15 is 0 Å². The number of carbonyl (C=O) groups excluding carboxylic acids is 1. The Morgan fingerprint density at radius 3 is 2.64 bits per heavy atom. The third-order valence-corrected chi connectivity index (χ3v) is 3.44. The number of carbonyl (C=O) groups is 2. The number of hydrogen-bond acceptors (Lipinski definition) is 5. The van der Waals surface area contributed by atoms with Gasteiger partial charge in [0.25, 0.3) is 5.91 Å². The van der Waals surface area contributed by atoms with Crippen molar-refractivity contribution in [2.24, 2.45) is 5.73 Å². The average Bonchev–Trinajstić information content (AvgIpc) is 3.01. The maximum Gasteiger partial charge on any atom is 0.322 e. The van der Waals surface area contributed by atoms with E-state index in [1.54, 1.807) is 4.68 Å². The zero-order chi connectivity index (χ0) is 18.8. The molecule has 9 heteroatoms. The molecule has 1 aromatic carbocycles. The fourth-order valence-corrected chi connectivity index (χ4v) is 2.19. The summed E-state index contributed by atoms with van der Waals surface area (Å²) in [7, 11) is 0. The van der Waals surface area contributed by atoms with E-state index in [0.29, 0.717) is 11.3 Å². The summed E-state index contributed by atoms with van der Waals surface area (Å²) in [5.41, 5.74) is 6.01. The highest BCUT2D eigenvalue weighted by Gasteiger charge is 2.21. The van der Waals surface area contributed by atoms with Gasteiger partial charge in [0, 0.05) is 17.7 Å². The Kier molecular flexibility index (Phi) is 5.17. The molecule has 1 heterocycles. The summed E-state index contributed by atoms with van der Waals surface area (Å²) in [5, 5.41) is 19.0. The van der Waals surface area contributed by atoms with E-state index in [9.17, 15) is 14.0 Å². The molecule has 134 valence electrons. The highest BCUT2D eigenvalue weighted by molar-refractivity contribution is 5.95. The molecule has 8 nitrogen and oxygen atoms in total. The van der Waals surface area contributed by atoms with E-state index in [4.69, 9.17) is 10.8 Å². The van der Waals surface area contributed by atoms with Crippen LogP contribution in [0.4, 0.5) is 4.39 Å². The molecule has 1 atom stereocenters. The third-order valence-electron chi connectivity index (χ3n) is 3.44. The molecule has 0 fully saturated rings. The summed E-state index contributed by atoms with van der Waals surface area (Å²) in [5.74, 6) is -2.46. The van der Waals surface area contributed by atoms with Crippen molar-refractivity contribution in [3.05, 3.63) is 35.8 Å². The van der Waals surface area contributed by atoms with Crippen LogP contribution in [0.5, 0.6) is 0 Å². The summed E-state index contributed by atoms with van der Waals surface area (Å²) >= 11 is 0. The van der Waals surface area contributed by atoms with Crippen molar-refractivity contribution in [1.82, 2.24) is 20.3 Å². The Balaban J connectivity index is 2.31. The van der Waals surface area contributed by atoms with Gasteiger partial charge in [-0.15, -0.1) is 5.10 Å². The van der Waals surface area contributed by atoms with Crippen LogP contribution in [0.3, 0.4) is 0 Å². The molecule has 0 saturated carbocycles. The van der Waals surface area contributed by atoms with Crippen LogP contribution in [0.2, 0.25) is 0 Å². The highest BCUT2D eigenvalue weighted by Crippen LogP contribution is 2.25. The van der Waals surface area contributed by atoms with Crippen LogP contribution in [0.1, 0.15) is 31.1 Å². The summed E-state index contributed by atoms with van der Waals surface area (Å²) in [6.07, 6.45) is 1.49. The van der Waals surface area contributed by atoms with E-state index < -0.39 is 23.7 Å². The topological polar surface area (TPSA) is 123 Å². The maximum atomic E-state index is 14.0. The summed E-state index contributed by atoms with van der Waals surface area (Å²) in [4.78, 5) is 22.9. The van der Waals surface area contributed by atoms with Gasteiger partial charge < -0.3 is 16.2 Å². The predicted molar refractivity (Wildman–Crippen MR) is 88.4 cm³/mol. The van der Waals surface area contributed by atoms with E-state index in [1.807, 2.05) is 20.8 Å². The van der Waals surface area contributed by atoms with Crippen LogP contribution in [0.15, 0.2) is 24.4 Å². The number of nitrogens with one attached hydrogen (secondary N) is 1. The summed E-state index contributed by atoms with van der Waals surface area (Å²) in [6.45, 7) is 5.50. The van der Waals surface area contributed by atoms with Gasteiger partial charge in [-0.05, 0) is 39.0 Å². The number of hydrogen-bond donors (Lipinski definition) is 3. The van der Waals surface area contributed by atoms with E-state index in [2.05, 4.69) is 15.6 Å². The molecule has 1 aromatic heterocycles. The van der Waals surface area contributed by atoms with Gasteiger partial charge in [-0.25, -0.2) is 9.07 Å². The van der Waals surface area contributed by atoms with Crippen molar-refractivity contribution >= 4 is 11.9 Å². The van der Waals surface area contributed by atoms with E-state index in [1.165, 1.54) is 18.3 Å². The molecule has 0 aliphatic heterocycles. The van der Waals surface area contributed by atoms with Gasteiger partial charge in [0.2, 0.25) is 0 Å². The molecular formula is C16H20FN5O3. The second-order valence-corrected chi connectivity index (χ2v) is 6.59. The van der Waals surface area contributed by atoms with E-state index in [0.717, 1.165) is 6.07 Å². The molecule has 0 unspecified atom stereocenters. The number of carboxylic acids is 1. The fourth-order valence-electron chi connectivity index (χ4n) is 2.19. The number of halogens is 1. The van der Waals surface area contributed by atoms with Crippen molar-refractivity contribution < 1.29 is 19.1 Å². The van der Waals surface area contributed by atoms with Crippen molar-refractivity contribution in [2.45, 2.75) is 32.4 Å². The highest BCUT2D eigenvalue weighted by atomic mass is 19.1. The molecule has 0 spiro atoms. The number of benzene rings is 1. The normalized spacial score (nSPS) is 12.7. The van der Waals surface area contributed by atoms with Crippen LogP contribution in [-0.4, -0.2) is 44.6 Å². The van der Waals surface area contributed by atoms with Crippen molar-refractivity contribution in [3.63, 3.8) is 0 Å². The fraction of sp³-hybridized carbons (Fsp3) is 0.375. The quantitative estimate of drug-likeness (QED) is 0.739. The molecule has 0 aliphatic rings. The van der Waals surface area contributed by atoms with Gasteiger partial charge in [-0.2, -0.15) is 0 Å². The first kappa shape index (κ1) is 18.5. The maximum absolute atomic E-state index is 14.0. The smallest absolute Gasteiger partial charge is 0.322 e. The van der Waals surface area contributed by atoms with Crippen molar-refractivity contribution in [1.29, 1.82) is 0 Å². The first-order chi connectivity index (χ1) is 11.6. The number of carboxylic acid groups (broad SMARTS) is 1. The standard InChI is InChI=1S/C16H20FN5O3/c1-16(2,3)22-13(8-20-21-22)9-4-10(6-11(17)5-9)14(23)19-7-12(18)15(24)25/h4-6,8,12H,7,18H2,1-3H3,(H,19,23)(H,24,25)/t12-/m1/s1. The van der Waals surface area contributed by atoms with Gasteiger partial charge in [-0.3, -0.25) is 9.59 Å². The van der Waals surface area contributed by atoms with Gasteiger partial charge in [0.15, 0.2) is 0 Å². The van der Waals surface area contributed by atoms with E-state index in [-0.39, 0.29) is 17.6 Å². The first-order valence-corrected chi connectivity index (χ1v) is 7.58. The number of amides is 1. The van der Waals surface area contributed by atoms with Gasteiger partial charge >= 0.3 is 5.97 Å². The van der Waals surface area contributed by atoms with Crippen LogP contribution in [0, 0.1) is 5.82 Å². The molecule has 2 aromatic rings. The minimum atomic E-state index is -1.24.